The number of nitrogens with zero attached hydrogens (tertiary/aromatic N) is 2. The molecule has 0 saturated carbocycles. The smallest absolute Gasteiger partial charge is 0.387 e. The van der Waals surface area contributed by atoms with Crippen molar-refractivity contribution in [2.75, 3.05) is 5.73 Å². The first-order chi connectivity index (χ1) is 10.1. The van der Waals surface area contributed by atoms with E-state index in [0.717, 1.165) is 4.57 Å². The topological polar surface area (TPSA) is 203 Å². The molecule has 5 atom stereocenters. The van der Waals surface area contributed by atoms with Crippen molar-refractivity contribution in [3.05, 3.63) is 22.7 Å². The molecular formula is C9H15N4O8P. The van der Waals surface area contributed by atoms with Gasteiger partial charge in [0.1, 0.15) is 30.4 Å². The molecule has 0 aromatic carbocycles. The zero-order valence-electron chi connectivity index (χ0n) is 11.0. The standard InChI is InChI=1S/C9H15N4O8P/c10-3-1-2-13(9(16)12-3)8-5(15)4(14)6(20-8)7(11)21-22(17,18)19/h1-2,4-8,14-15H,11H2,(H2,10,12,16)(H2,17,18,19)/t4-,5+,6-,7?,8+/m0/s1. The van der Waals surface area contributed by atoms with E-state index < -0.39 is 44.3 Å². The molecule has 2 rings (SSSR count). The summed E-state index contributed by atoms with van der Waals surface area (Å²) in [6.45, 7) is 0. The Balaban J connectivity index is 2.23. The molecule has 1 aromatic heterocycles. The first-order valence-electron chi connectivity index (χ1n) is 5.96. The van der Waals surface area contributed by atoms with Crippen LogP contribution < -0.4 is 17.2 Å². The lowest BCUT2D eigenvalue weighted by atomic mass is 10.1. The summed E-state index contributed by atoms with van der Waals surface area (Å²) in [5.41, 5.74) is 9.87. The number of nitrogen functional groups attached to an aromatic ring is 1. The largest absolute Gasteiger partial charge is 0.471 e. The summed E-state index contributed by atoms with van der Waals surface area (Å²) in [4.78, 5) is 32.5. The molecule has 22 heavy (non-hydrogen) atoms. The van der Waals surface area contributed by atoms with Crippen LogP contribution in [0.4, 0.5) is 5.82 Å². The molecule has 0 bridgehead atoms. The molecule has 1 unspecified atom stereocenters. The molecule has 1 aromatic rings. The zero-order chi connectivity index (χ0) is 16.7. The fourth-order valence-electron chi connectivity index (χ4n) is 2.02. The number of phosphoric ester groups is 1. The van der Waals surface area contributed by atoms with Crippen molar-refractivity contribution in [3.8, 4) is 0 Å². The highest BCUT2D eigenvalue weighted by Gasteiger charge is 2.48. The quantitative estimate of drug-likeness (QED) is 0.239. The van der Waals surface area contributed by atoms with Crippen molar-refractivity contribution in [2.45, 2.75) is 30.8 Å². The first kappa shape index (κ1) is 17.0. The van der Waals surface area contributed by atoms with Gasteiger partial charge in [-0.15, -0.1) is 0 Å². The number of anilines is 1. The number of rotatable bonds is 4. The van der Waals surface area contributed by atoms with E-state index in [1.165, 1.54) is 12.3 Å². The fourth-order valence-corrected chi connectivity index (χ4v) is 2.46. The lowest BCUT2D eigenvalue weighted by Crippen LogP contribution is -2.44. The van der Waals surface area contributed by atoms with Gasteiger partial charge in [0.15, 0.2) is 6.23 Å². The van der Waals surface area contributed by atoms with Crippen LogP contribution in [0.1, 0.15) is 6.23 Å². The van der Waals surface area contributed by atoms with E-state index in [1.807, 2.05) is 0 Å². The van der Waals surface area contributed by atoms with Crippen LogP contribution in [0, 0.1) is 0 Å². The van der Waals surface area contributed by atoms with Gasteiger partial charge in [-0.1, -0.05) is 0 Å². The number of aliphatic hydroxyl groups is 2. The van der Waals surface area contributed by atoms with E-state index in [4.69, 9.17) is 26.0 Å². The van der Waals surface area contributed by atoms with Crippen LogP contribution in [0.3, 0.4) is 0 Å². The number of phosphoric acid groups is 1. The first-order valence-corrected chi connectivity index (χ1v) is 7.49. The lowest BCUT2D eigenvalue weighted by molar-refractivity contribution is -0.0816. The summed E-state index contributed by atoms with van der Waals surface area (Å²) >= 11 is 0. The van der Waals surface area contributed by atoms with Gasteiger partial charge in [0.05, 0.1) is 0 Å². The highest BCUT2D eigenvalue weighted by Crippen LogP contribution is 2.40. The number of hydrogen-bond acceptors (Lipinski definition) is 9. The molecular weight excluding hydrogens is 323 g/mol. The molecule has 1 fully saturated rings. The van der Waals surface area contributed by atoms with Gasteiger partial charge in [-0.25, -0.2) is 9.36 Å². The minimum Gasteiger partial charge on any atom is -0.387 e. The third kappa shape index (κ3) is 3.51. The second kappa shape index (κ2) is 6.02. The van der Waals surface area contributed by atoms with Gasteiger partial charge < -0.3 is 36.2 Å². The van der Waals surface area contributed by atoms with Crippen LogP contribution in [0.15, 0.2) is 17.1 Å². The Morgan fingerprint density at radius 1 is 1.41 bits per heavy atom. The molecule has 1 saturated heterocycles. The molecule has 0 amide bonds. The number of hydrogen-bond donors (Lipinski definition) is 6. The monoisotopic (exact) mass is 338 g/mol. The predicted octanol–water partition coefficient (Wildman–Crippen LogP) is -3.16. The van der Waals surface area contributed by atoms with Crippen molar-refractivity contribution in [1.82, 2.24) is 9.55 Å². The second-order valence-electron chi connectivity index (χ2n) is 4.58. The van der Waals surface area contributed by atoms with Gasteiger partial charge >= 0.3 is 13.5 Å². The number of ether oxygens (including phenoxy) is 1. The predicted molar refractivity (Wildman–Crippen MR) is 69.9 cm³/mol. The maximum atomic E-state index is 11.7. The van der Waals surface area contributed by atoms with E-state index in [2.05, 4.69) is 9.51 Å². The number of aromatic nitrogens is 2. The fraction of sp³-hybridized carbons (Fsp3) is 0.556. The summed E-state index contributed by atoms with van der Waals surface area (Å²) in [7, 11) is -4.92. The molecule has 12 nitrogen and oxygen atoms in total. The van der Waals surface area contributed by atoms with Crippen molar-refractivity contribution in [2.24, 2.45) is 5.73 Å². The van der Waals surface area contributed by atoms with E-state index in [0.29, 0.717) is 0 Å². The normalized spacial score (nSPS) is 30.4. The number of nitrogens with two attached hydrogens (primary N) is 2. The summed E-state index contributed by atoms with van der Waals surface area (Å²) in [6.07, 6.45) is -6.63. The van der Waals surface area contributed by atoms with Gasteiger partial charge in [-0.2, -0.15) is 4.98 Å². The maximum Gasteiger partial charge on any atom is 0.471 e. The minimum absolute atomic E-state index is 0.0487. The molecule has 0 radical (unpaired) electrons. The van der Waals surface area contributed by atoms with Crippen molar-refractivity contribution >= 4 is 13.6 Å². The lowest BCUT2D eigenvalue weighted by Gasteiger charge is -2.22. The average Bonchev–Trinajstić information content (AvgIpc) is 2.65. The third-order valence-electron chi connectivity index (χ3n) is 2.98. The molecule has 1 aliphatic rings. The van der Waals surface area contributed by atoms with Crippen LogP contribution in [0.25, 0.3) is 0 Å². The average molecular weight is 338 g/mol. The highest BCUT2D eigenvalue weighted by atomic mass is 31.2. The van der Waals surface area contributed by atoms with Gasteiger partial charge in [0.2, 0.25) is 0 Å². The molecule has 8 N–H and O–H groups in total. The Kier molecular flexibility index (Phi) is 4.65. The van der Waals surface area contributed by atoms with Crippen LogP contribution in [-0.4, -0.2) is 54.1 Å². The van der Waals surface area contributed by atoms with E-state index >= 15 is 0 Å². The Morgan fingerprint density at radius 3 is 2.59 bits per heavy atom. The molecule has 0 aliphatic carbocycles. The summed E-state index contributed by atoms with van der Waals surface area (Å²) < 4.78 is 21.0. The molecule has 1 aliphatic heterocycles. The van der Waals surface area contributed by atoms with Crippen LogP contribution in [-0.2, 0) is 13.8 Å². The van der Waals surface area contributed by atoms with Crippen LogP contribution in [0.2, 0.25) is 0 Å². The molecule has 124 valence electrons. The maximum absolute atomic E-state index is 11.7. The van der Waals surface area contributed by atoms with Gasteiger partial charge in [-0.3, -0.25) is 9.09 Å². The number of aliphatic hydroxyl groups excluding tert-OH is 2. The Hall–Kier alpha value is -1.37. The van der Waals surface area contributed by atoms with Crippen molar-refractivity contribution in [3.63, 3.8) is 0 Å². The van der Waals surface area contributed by atoms with Gasteiger partial charge in [-0.05, 0) is 6.07 Å². The van der Waals surface area contributed by atoms with Crippen LogP contribution >= 0.6 is 7.82 Å². The van der Waals surface area contributed by atoms with Gasteiger partial charge in [0.25, 0.3) is 0 Å². The SMILES string of the molecule is Nc1ccn([C@@H]2O[C@H](C(N)OP(=O)(O)O)[C@@H](O)[C@H]2O)c(=O)n1. The Labute approximate surface area is 123 Å². The third-order valence-corrected chi connectivity index (χ3v) is 3.50. The van der Waals surface area contributed by atoms with Gasteiger partial charge in [0, 0.05) is 6.20 Å². The minimum atomic E-state index is -4.92. The summed E-state index contributed by atoms with van der Waals surface area (Å²) in [5.74, 6) is -0.0487. The van der Waals surface area contributed by atoms with E-state index in [9.17, 15) is 19.6 Å². The Bertz CT molecular complexity index is 647. The van der Waals surface area contributed by atoms with E-state index in [1.54, 1.807) is 0 Å². The molecule has 13 heteroatoms. The second-order valence-corrected chi connectivity index (χ2v) is 5.77. The van der Waals surface area contributed by atoms with Crippen molar-refractivity contribution < 1.29 is 33.8 Å². The summed E-state index contributed by atoms with van der Waals surface area (Å²) in [5, 5.41) is 19.8. The Morgan fingerprint density at radius 2 is 2.05 bits per heavy atom. The zero-order valence-corrected chi connectivity index (χ0v) is 11.9. The van der Waals surface area contributed by atoms with Crippen molar-refractivity contribution in [1.29, 1.82) is 0 Å². The summed E-state index contributed by atoms with van der Waals surface area (Å²) in [6, 6.07) is 1.27. The van der Waals surface area contributed by atoms with E-state index in [-0.39, 0.29) is 5.82 Å². The molecule has 0 spiro atoms. The van der Waals surface area contributed by atoms with Crippen LogP contribution in [0.5, 0.6) is 0 Å². The molecule has 2 heterocycles. The highest BCUT2D eigenvalue weighted by molar-refractivity contribution is 7.46.